The van der Waals surface area contributed by atoms with Crippen molar-refractivity contribution in [3.05, 3.63) is 35.4 Å². The third-order valence-corrected chi connectivity index (χ3v) is 10.8. The number of halogens is 2. The van der Waals surface area contributed by atoms with E-state index in [1.807, 2.05) is 0 Å². The van der Waals surface area contributed by atoms with Gasteiger partial charge in [-0.25, -0.2) is 13.6 Å². The third-order valence-electron chi connectivity index (χ3n) is 10.8. The van der Waals surface area contributed by atoms with E-state index in [-0.39, 0.29) is 44.3 Å². The van der Waals surface area contributed by atoms with Crippen LogP contribution in [0.5, 0.6) is 0 Å². The summed E-state index contributed by atoms with van der Waals surface area (Å²) in [5, 5.41) is 7.93. The predicted octanol–water partition coefficient (Wildman–Crippen LogP) is 2.51. The first-order valence-corrected chi connectivity index (χ1v) is 19.6. The molecule has 0 saturated carbocycles. The molecule has 6 atom stereocenters. The minimum atomic E-state index is -1.53. The molecule has 14 nitrogen and oxygen atoms in total. The van der Waals surface area contributed by atoms with E-state index < -0.39 is 95.9 Å². The lowest BCUT2D eigenvalue weighted by Gasteiger charge is -2.34. The molecule has 3 fully saturated rings. The van der Waals surface area contributed by atoms with Crippen molar-refractivity contribution >= 4 is 41.4 Å². The Hall–Kier alpha value is -4.63. The molecule has 3 aliphatic heterocycles. The Labute approximate surface area is 321 Å². The molecule has 0 aliphatic carbocycles. The smallest absolute Gasteiger partial charge is 0.328 e. The number of amides is 6. The van der Waals surface area contributed by atoms with E-state index in [9.17, 15) is 42.3 Å². The number of hydrogen-bond donors (Lipinski definition) is 3. The molecule has 1 aromatic carbocycles. The number of cyclic esters (lactones) is 1. The van der Waals surface area contributed by atoms with Crippen molar-refractivity contribution in [2.24, 2.45) is 0 Å². The largest absolute Gasteiger partial charge is 0.461 e. The summed E-state index contributed by atoms with van der Waals surface area (Å²) in [6.07, 6.45) is 8.12. The molecule has 0 unspecified atom stereocenters. The van der Waals surface area contributed by atoms with Gasteiger partial charge in [-0.15, -0.1) is 0 Å². The van der Waals surface area contributed by atoms with Gasteiger partial charge in [0.25, 0.3) is 0 Å². The number of carbonyl (C=O) groups excluding carboxylic acids is 7. The molecule has 304 valence electrons. The van der Waals surface area contributed by atoms with Gasteiger partial charge in [-0.05, 0) is 63.6 Å². The number of likely N-dealkylation sites (N-methyl/N-ethyl adjacent to an activating group) is 1. The highest BCUT2D eigenvalue weighted by Crippen LogP contribution is 2.24. The highest BCUT2D eigenvalue weighted by atomic mass is 19.2. The minimum Gasteiger partial charge on any atom is -0.461 e. The van der Waals surface area contributed by atoms with E-state index in [0.717, 1.165) is 50.7 Å². The summed E-state index contributed by atoms with van der Waals surface area (Å²) in [5.41, 5.74) is 0.206. The zero-order valence-corrected chi connectivity index (χ0v) is 32.4. The highest BCUT2D eigenvalue weighted by Gasteiger charge is 2.43. The number of fused-ring (bicyclic) bond motifs is 2. The van der Waals surface area contributed by atoms with E-state index in [2.05, 4.69) is 22.9 Å². The maximum absolute atomic E-state index is 14.3. The van der Waals surface area contributed by atoms with Crippen LogP contribution in [-0.4, -0.2) is 119 Å². The SMILES string of the molecule is CCCCCCCCCC(=O)N[C@@H](Cc1ccc(F)c(F)c1)C(=O)N[C@H]1COC(=O)[C@@H]2CCCN2C(=O)[C@H](C)NC(=O)[C@H](C)N(C)C(=O)[C@@H]2CCCN2C1=O. The Morgan fingerprint density at radius 1 is 0.873 bits per heavy atom. The maximum atomic E-state index is 14.3. The van der Waals surface area contributed by atoms with Crippen molar-refractivity contribution in [3.63, 3.8) is 0 Å². The van der Waals surface area contributed by atoms with Crippen LogP contribution in [0.3, 0.4) is 0 Å². The molecule has 3 N–H and O–H groups in total. The van der Waals surface area contributed by atoms with Crippen LogP contribution >= 0.6 is 0 Å². The number of carbonyl (C=O) groups is 7. The van der Waals surface area contributed by atoms with Crippen LogP contribution in [0.2, 0.25) is 0 Å². The lowest BCUT2D eigenvalue weighted by Crippen LogP contribution is -2.60. The summed E-state index contributed by atoms with van der Waals surface area (Å²) in [4.78, 5) is 99.0. The molecular weight excluding hydrogens is 718 g/mol. The van der Waals surface area contributed by atoms with Crippen molar-refractivity contribution in [3.8, 4) is 0 Å². The number of hydrogen-bond acceptors (Lipinski definition) is 8. The molecule has 0 bridgehead atoms. The molecule has 0 aromatic heterocycles. The molecule has 0 radical (unpaired) electrons. The summed E-state index contributed by atoms with van der Waals surface area (Å²) in [7, 11) is 1.43. The van der Waals surface area contributed by atoms with Crippen LogP contribution in [0.25, 0.3) is 0 Å². The number of ether oxygens (including phenoxy) is 1. The molecule has 3 saturated heterocycles. The van der Waals surface area contributed by atoms with Gasteiger partial charge in [0.2, 0.25) is 35.4 Å². The van der Waals surface area contributed by atoms with Crippen LogP contribution in [-0.2, 0) is 44.7 Å². The topological polar surface area (TPSA) is 175 Å². The fraction of sp³-hybridized carbons (Fsp3) is 0.667. The summed E-state index contributed by atoms with van der Waals surface area (Å²) in [5.74, 6) is -6.71. The molecule has 0 spiro atoms. The van der Waals surface area contributed by atoms with E-state index in [4.69, 9.17) is 4.74 Å². The van der Waals surface area contributed by atoms with Gasteiger partial charge in [-0.3, -0.25) is 28.8 Å². The van der Waals surface area contributed by atoms with Crippen molar-refractivity contribution < 1.29 is 47.1 Å². The van der Waals surface area contributed by atoms with Gasteiger partial charge < -0.3 is 35.4 Å². The third kappa shape index (κ3) is 11.4. The van der Waals surface area contributed by atoms with Crippen molar-refractivity contribution in [1.82, 2.24) is 30.7 Å². The average Bonchev–Trinajstić information content (AvgIpc) is 3.86. The van der Waals surface area contributed by atoms with E-state index in [1.165, 1.54) is 41.7 Å². The second-order valence-electron chi connectivity index (χ2n) is 14.9. The Morgan fingerprint density at radius 3 is 2.18 bits per heavy atom. The first-order chi connectivity index (χ1) is 26.2. The fourth-order valence-corrected chi connectivity index (χ4v) is 7.34. The summed E-state index contributed by atoms with van der Waals surface area (Å²) >= 11 is 0. The van der Waals surface area contributed by atoms with Crippen molar-refractivity contribution in [2.45, 2.75) is 140 Å². The number of unbranched alkanes of at least 4 members (excludes halogenated alkanes) is 6. The van der Waals surface area contributed by atoms with Crippen molar-refractivity contribution in [1.29, 1.82) is 0 Å². The summed E-state index contributed by atoms with van der Waals surface area (Å²) in [6, 6.07) is -3.77. The van der Waals surface area contributed by atoms with E-state index in [0.29, 0.717) is 19.3 Å². The van der Waals surface area contributed by atoms with Gasteiger partial charge in [0, 0.05) is 33.0 Å². The van der Waals surface area contributed by atoms with Crippen LogP contribution < -0.4 is 16.0 Å². The molecular formula is C39H56F2N6O8. The summed E-state index contributed by atoms with van der Waals surface area (Å²) < 4.78 is 33.6. The van der Waals surface area contributed by atoms with E-state index in [1.54, 1.807) is 0 Å². The van der Waals surface area contributed by atoms with Crippen LogP contribution in [0.4, 0.5) is 8.78 Å². The highest BCUT2D eigenvalue weighted by molar-refractivity contribution is 5.97. The van der Waals surface area contributed by atoms with Gasteiger partial charge in [-0.2, -0.15) is 0 Å². The van der Waals surface area contributed by atoms with E-state index >= 15 is 0 Å². The molecule has 3 heterocycles. The van der Waals surface area contributed by atoms with Gasteiger partial charge in [-0.1, -0.05) is 51.5 Å². The maximum Gasteiger partial charge on any atom is 0.328 e. The predicted molar refractivity (Wildman–Crippen MR) is 197 cm³/mol. The Balaban J connectivity index is 1.59. The van der Waals surface area contributed by atoms with Crippen LogP contribution in [0, 0.1) is 11.6 Å². The van der Waals surface area contributed by atoms with Crippen molar-refractivity contribution in [2.75, 3.05) is 26.7 Å². The second-order valence-corrected chi connectivity index (χ2v) is 14.9. The second kappa shape index (κ2) is 20.3. The van der Waals surface area contributed by atoms with Crippen LogP contribution in [0.1, 0.15) is 103 Å². The number of nitrogens with one attached hydrogen (secondary N) is 3. The lowest BCUT2D eigenvalue weighted by molar-refractivity contribution is -0.158. The Bertz CT molecular complexity index is 1580. The number of nitrogens with zero attached hydrogens (tertiary/aromatic N) is 3. The molecule has 55 heavy (non-hydrogen) atoms. The monoisotopic (exact) mass is 774 g/mol. The number of benzene rings is 1. The Kier molecular flexibility index (Phi) is 15.9. The number of esters is 1. The Morgan fingerprint density at radius 2 is 1.51 bits per heavy atom. The van der Waals surface area contributed by atoms with Gasteiger partial charge >= 0.3 is 5.97 Å². The van der Waals surface area contributed by atoms with Gasteiger partial charge in [0.05, 0.1) is 0 Å². The fourth-order valence-electron chi connectivity index (χ4n) is 7.34. The first-order valence-electron chi connectivity index (χ1n) is 19.6. The minimum absolute atomic E-state index is 0.117. The van der Waals surface area contributed by atoms with Crippen LogP contribution in [0.15, 0.2) is 18.2 Å². The average molecular weight is 775 g/mol. The molecule has 4 rings (SSSR count). The van der Waals surface area contributed by atoms with Gasteiger partial charge in [0.1, 0.15) is 42.9 Å². The summed E-state index contributed by atoms with van der Waals surface area (Å²) in [6.45, 7) is 4.84. The zero-order valence-electron chi connectivity index (χ0n) is 32.4. The molecule has 1 aromatic rings. The normalized spacial score (nSPS) is 24.6. The quantitative estimate of drug-likeness (QED) is 0.203. The molecule has 6 amide bonds. The number of rotatable bonds is 13. The molecule has 3 aliphatic rings. The molecule has 16 heteroatoms. The van der Waals surface area contributed by atoms with Gasteiger partial charge in [0.15, 0.2) is 11.6 Å². The lowest BCUT2D eigenvalue weighted by atomic mass is 10.0. The first kappa shape index (κ1) is 43.1. The zero-order chi connectivity index (χ0) is 40.2. The standard InChI is InChI=1S/C39H56F2N6O8/c1-5-6-7-8-9-10-11-16-33(48)43-29(22-26-17-18-27(40)28(41)21-26)35(50)44-30-23-55-39(54)32-15-13-20-47(32)36(51)24(2)42-34(49)25(3)45(4)38(53)31-14-12-19-46(31)37(30)52/h17-18,21,24-25,29-32H,5-16,19-20,22-23H2,1-4H3,(H,42,49)(H,43,48)(H,44,50)/t24-,25-,29-,30-,31-,32-/m0/s1.